The monoisotopic (exact) mass is 603 g/mol. The average Bonchev–Trinajstić information content (AvgIpc) is 3.44. The van der Waals surface area contributed by atoms with Crippen molar-refractivity contribution < 1.29 is 27.8 Å². The third-order valence-corrected chi connectivity index (χ3v) is 9.18. The van der Waals surface area contributed by atoms with Gasteiger partial charge in [-0.25, -0.2) is 13.2 Å². The fourth-order valence-electron chi connectivity index (χ4n) is 7.11. The van der Waals surface area contributed by atoms with Crippen molar-refractivity contribution in [1.29, 1.82) is 0 Å². The van der Waals surface area contributed by atoms with E-state index in [1.54, 1.807) is 0 Å². The number of hydrogen-bond donors (Lipinski definition) is 1. The number of anilines is 1. The summed E-state index contributed by atoms with van der Waals surface area (Å²) in [7, 11) is 0. The van der Waals surface area contributed by atoms with Crippen molar-refractivity contribution in [2.45, 2.75) is 50.4 Å². The maximum absolute atomic E-state index is 16.7. The number of terminal acetylenes is 1. The van der Waals surface area contributed by atoms with Crippen LogP contribution in [0.25, 0.3) is 32.9 Å². The molecule has 228 valence electrons. The smallest absolute Gasteiger partial charge is 0.319 e. The van der Waals surface area contributed by atoms with Crippen LogP contribution in [-0.4, -0.2) is 82.2 Å². The van der Waals surface area contributed by atoms with E-state index >= 15 is 4.39 Å². The van der Waals surface area contributed by atoms with E-state index in [2.05, 4.69) is 20.8 Å². The number of nitrogens with zero attached hydrogens (tertiary/aromatic N) is 5. The minimum atomic E-state index is -0.925. The van der Waals surface area contributed by atoms with E-state index in [9.17, 15) is 13.9 Å². The van der Waals surface area contributed by atoms with Crippen molar-refractivity contribution in [3.05, 3.63) is 47.7 Å². The van der Waals surface area contributed by atoms with Crippen molar-refractivity contribution in [3.8, 4) is 35.4 Å². The standard InChI is InChI=1S/C33H32F3N5O3/c1-3-23-26(35)7-6-20-12-22(42)13-24(27(20)23)29-28(36)30-25(15-37-29)31(41-10-5-11-43-17-19(41)2)39-32(38-30)44-18-33-8-4-9-40(33)16-21(34)14-33/h1,6-7,12-13,15,19,21,42H,4-5,8-11,14,16-18H2,2H3/t19-,21-,33+/m1/s1. The molecule has 3 saturated heterocycles. The van der Waals surface area contributed by atoms with Crippen LogP contribution in [0.2, 0.25) is 0 Å². The Morgan fingerprint density at radius 2 is 2.07 bits per heavy atom. The average molecular weight is 604 g/mol. The fraction of sp³-hybridized carbons (Fsp3) is 0.424. The highest BCUT2D eigenvalue weighted by Crippen LogP contribution is 2.42. The Kier molecular flexibility index (Phi) is 7.22. The van der Waals surface area contributed by atoms with Gasteiger partial charge in [-0.3, -0.25) is 9.88 Å². The van der Waals surface area contributed by atoms with Gasteiger partial charge >= 0.3 is 6.01 Å². The van der Waals surface area contributed by atoms with Crippen molar-refractivity contribution >= 4 is 27.5 Å². The Bertz CT molecular complexity index is 1810. The summed E-state index contributed by atoms with van der Waals surface area (Å²) in [6.45, 7) is 5.02. The molecule has 5 heterocycles. The van der Waals surface area contributed by atoms with Crippen LogP contribution in [-0.2, 0) is 4.74 Å². The molecule has 0 unspecified atom stereocenters. The van der Waals surface area contributed by atoms with Gasteiger partial charge in [0.15, 0.2) is 5.82 Å². The third-order valence-electron chi connectivity index (χ3n) is 9.18. The summed E-state index contributed by atoms with van der Waals surface area (Å²) in [5, 5.41) is 11.6. The van der Waals surface area contributed by atoms with Crippen LogP contribution in [0.3, 0.4) is 0 Å². The molecule has 0 amide bonds. The summed E-state index contributed by atoms with van der Waals surface area (Å²) in [5.41, 5.74) is -0.572. The molecule has 8 nitrogen and oxygen atoms in total. The first kappa shape index (κ1) is 28.6. The topological polar surface area (TPSA) is 83.8 Å². The first-order chi connectivity index (χ1) is 21.3. The van der Waals surface area contributed by atoms with E-state index in [0.717, 1.165) is 25.8 Å². The molecule has 3 fully saturated rings. The molecule has 44 heavy (non-hydrogen) atoms. The van der Waals surface area contributed by atoms with Crippen LogP contribution in [0, 0.1) is 24.0 Å². The van der Waals surface area contributed by atoms with E-state index in [1.807, 2.05) is 11.8 Å². The van der Waals surface area contributed by atoms with E-state index in [4.69, 9.17) is 20.9 Å². The summed E-state index contributed by atoms with van der Waals surface area (Å²) < 4.78 is 57.9. The number of aromatic nitrogens is 3. The minimum Gasteiger partial charge on any atom is -0.508 e. The second-order valence-electron chi connectivity index (χ2n) is 12.0. The molecule has 0 spiro atoms. The molecule has 2 aromatic heterocycles. The van der Waals surface area contributed by atoms with Crippen LogP contribution in [0.15, 0.2) is 30.5 Å². The summed E-state index contributed by atoms with van der Waals surface area (Å²) >= 11 is 0. The molecule has 3 aliphatic heterocycles. The summed E-state index contributed by atoms with van der Waals surface area (Å²) in [6.07, 6.45) is 9.09. The number of benzene rings is 2. The Hall–Kier alpha value is -4.14. The van der Waals surface area contributed by atoms with Crippen molar-refractivity contribution in [2.75, 3.05) is 44.4 Å². The second kappa shape index (κ2) is 11.1. The molecule has 0 radical (unpaired) electrons. The van der Waals surface area contributed by atoms with Crippen LogP contribution in [0.5, 0.6) is 11.8 Å². The predicted octanol–water partition coefficient (Wildman–Crippen LogP) is 5.38. The van der Waals surface area contributed by atoms with Crippen LogP contribution < -0.4 is 9.64 Å². The number of fused-ring (bicyclic) bond motifs is 3. The highest BCUT2D eigenvalue weighted by atomic mass is 19.1. The molecule has 3 atom stereocenters. The SMILES string of the molecule is C#Cc1c(F)ccc2cc(O)cc(-c3ncc4c(N5CCCOC[C@H]5C)nc(OC[C@@]56CCCN5C[C@H](F)C6)nc4c3F)c12. The molecule has 4 aromatic rings. The number of alkyl halides is 1. The lowest BCUT2D eigenvalue weighted by Crippen LogP contribution is -2.43. The summed E-state index contributed by atoms with van der Waals surface area (Å²) in [5.74, 6) is 1.22. The first-order valence-corrected chi connectivity index (χ1v) is 14.9. The van der Waals surface area contributed by atoms with Gasteiger partial charge in [0.2, 0.25) is 0 Å². The minimum absolute atomic E-state index is 0.0272. The molecule has 1 N–H and O–H groups in total. The van der Waals surface area contributed by atoms with Gasteiger partial charge in [-0.15, -0.1) is 6.42 Å². The number of rotatable bonds is 5. The summed E-state index contributed by atoms with van der Waals surface area (Å²) in [4.78, 5) is 17.9. The zero-order valence-electron chi connectivity index (χ0n) is 24.3. The molecule has 3 aliphatic rings. The number of ether oxygens (including phenoxy) is 2. The second-order valence-corrected chi connectivity index (χ2v) is 12.0. The fourth-order valence-corrected chi connectivity index (χ4v) is 7.11. The van der Waals surface area contributed by atoms with Gasteiger partial charge in [0.25, 0.3) is 0 Å². The lowest BCUT2D eigenvalue weighted by atomic mass is 9.95. The number of pyridine rings is 1. The number of phenolic OH excluding ortho intramolecular Hbond substituents is 1. The van der Waals surface area contributed by atoms with Crippen molar-refractivity contribution in [1.82, 2.24) is 19.9 Å². The van der Waals surface area contributed by atoms with Gasteiger partial charge in [-0.2, -0.15) is 9.97 Å². The maximum atomic E-state index is 16.7. The molecule has 11 heteroatoms. The number of phenols is 1. The zero-order chi connectivity index (χ0) is 30.6. The van der Waals surface area contributed by atoms with E-state index < -0.39 is 23.3 Å². The quantitative estimate of drug-likeness (QED) is 0.305. The first-order valence-electron chi connectivity index (χ1n) is 14.9. The lowest BCUT2D eigenvalue weighted by Gasteiger charge is -2.31. The van der Waals surface area contributed by atoms with E-state index in [-0.39, 0.29) is 52.1 Å². The normalized spacial score (nSPS) is 24.0. The van der Waals surface area contributed by atoms with Crippen molar-refractivity contribution in [2.24, 2.45) is 0 Å². The Morgan fingerprint density at radius 3 is 2.91 bits per heavy atom. The van der Waals surface area contributed by atoms with Crippen LogP contribution >= 0.6 is 0 Å². The largest absolute Gasteiger partial charge is 0.508 e. The molecule has 0 saturated carbocycles. The van der Waals surface area contributed by atoms with Crippen molar-refractivity contribution in [3.63, 3.8) is 0 Å². The number of hydrogen-bond acceptors (Lipinski definition) is 8. The predicted molar refractivity (Wildman–Crippen MR) is 161 cm³/mol. The zero-order valence-corrected chi connectivity index (χ0v) is 24.3. The molecule has 7 rings (SSSR count). The van der Waals surface area contributed by atoms with Gasteiger partial charge < -0.3 is 19.5 Å². The van der Waals surface area contributed by atoms with Gasteiger partial charge in [-0.1, -0.05) is 12.0 Å². The van der Waals surface area contributed by atoms with E-state index in [1.165, 1.54) is 30.5 Å². The van der Waals surface area contributed by atoms with Crippen LogP contribution in [0.4, 0.5) is 19.0 Å². The van der Waals surface area contributed by atoms with Gasteiger partial charge in [0, 0.05) is 43.3 Å². The van der Waals surface area contributed by atoms with Crippen LogP contribution in [0.1, 0.15) is 38.2 Å². The maximum Gasteiger partial charge on any atom is 0.319 e. The van der Waals surface area contributed by atoms with Gasteiger partial charge in [-0.05, 0) is 56.3 Å². The lowest BCUT2D eigenvalue weighted by molar-refractivity contribution is 0.107. The molecular weight excluding hydrogens is 571 g/mol. The van der Waals surface area contributed by atoms with Gasteiger partial charge in [0.05, 0.1) is 29.1 Å². The Balaban J connectivity index is 1.39. The highest BCUT2D eigenvalue weighted by Gasteiger charge is 2.49. The highest BCUT2D eigenvalue weighted by molar-refractivity contribution is 6.03. The van der Waals surface area contributed by atoms with Gasteiger partial charge in [0.1, 0.15) is 41.4 Å². The Morgan fingerprint density at radius 1 is 1.20 bits per heavy atom. The molecule has 0 bridgehead atoms. The number of halogens is 3. The summed E-state index contributed by atoms with van der Waals surface area (Å²) in [6, 6.07) is 5.33. The molecule has 2 aromatic carbocycles. The Labute approximate surface area is 252 Å². The third kappa shape index (κ3) is 4.77. The number of aromatic hydroxyl groups is 1. The molecular formula is C33H32F3N5O3. The van der Waals surface area contributed by atoms with E-state index in [0.29, 0.717) is 49.3 Å². The molecule has 0 aliphatic carbocycles.